The molecule has 130 valence electrons. The van der Waals surface area contributed by atoms with Gasteiger partial charge in [0, 0.05) is 32.9 Å². The number of aryl methyl sites for hydroxylation is 2. The maximum atomic E-state index is 13.6. The average molecular weight is 331 g/mol. The van der Waals surface area contributed by atoms with Crippen molar-refractivity contribution in [3.63, 3.8) is 0 Å². The van der Waals surface area contributed by atoms with E-state index in [1.54, 1.807) is 19.2 Å². The molecule has 0 amide bonds. The van der Waals surface area contributed by atoms with Gasteiger partial charge in [-0.1, -0.05) is 18.2 Å². The SMILES string of the molecule is CN=C(NCCc1ccccc1F)NCCc1c(C)nn(C)c1C. The maximum absolute atomic E-state index is 13.6. The van der Waals surface area contributed by atoms with E-state index in [-0.39, 0.29) is 5.82 Å². The molecule has 0 bridgehead atoms. The van der Waals surface area contributed by atoms with E-state index in [1.807, 2.05) is 24.7 Å². The fourth-order valence-electron chi connectivity index (χ4n) is 2.72. The number of benzene rings is 1. The van der Waals surface area contributed by atoms with Gasteiger partial charge in [-0.05, 0) is 43.9 Å². The molecule has 1 aromatic carbocycles. The Morgan fingerprint density at radius 2 is 1.83 bits per heavy atom. The molecule has 6 heteroatoms. The molecule has 2 aromatic rings. The van der Waals surface area contributed by atoms with E-state index in [1.165, 1.54) is 17.3 Å². The minimum Gasteiger partial charge on any atom is -0.356 e. The van der Waals surface area contributed by atoms with E-state index in [9.17, 15) is 4.39 Å². The molecule has 0 saturated heterocycles. The highest BCUT2D eigenvalue weighted by molar-refractivity contribution is 5.79. The molecule has 0 radical (unpaired) electrons. The summed E-state index contributed by atoms with van der Waals surface area (Å²) in [6.45, 7) is 5.51. The van der Waals surface area contributed by atoms with Crippen molar-refractivity contribution in [2.45, 2.75) is 26.7 Å². The normalized spacial score (nSPS) is 11.6. The van der Waals surface area contributed by atoms with Crippen molar-refractivity contribution in [3.8, 4) is 0 Å². The molecular weight excluding hydrogens is 305 g/mol. The summed E-state index contributed by atoms with van der Waals surface area (Å²) < 4.78 is 15.5. The van der Waals surface area contributed by atoms with Gasteiger partial charge in [0.2, 0.25) is 0 Å². The van der Waals surface area contributed by atoms with Crippen LogP contribution in [0.25, 0.3) is 0 Å². The minimum absolute atomic E-state index is 0.162. The number of aromatic nitrogens is 2. The van der Waals surface area contributed by atoms with Crippen molar-refractivity contribution < 1.29 is 4.39 Å². The number of aliphatic imine (C=N–C) groups is 1. The molecule has 24 heavy (non-hydrogen) atoms. The van der Waals surface area contributed by atoms with Crippen LogP contribution in [-0.2, 0) is 19.9 Å². The van der Waals surface area contributed by atoms with Crippen LogP contribution >= 0.6 is 0 Å². The Morgan fingerprint density at radius 3 is 2.42 bits per heavy atom. The molecule has 2 rings (SSSR count). The van der Waals surface area contributed by atoms with Crippen molar-refractivity contribution in [3.05, 3.63) is 52.6 Å². The lowest BCUT2D eigenvalue weighted by Crippen LogP contribution is -2.39. The van der Waals surface area contributed by atoms with Crippen molar-refractivity contribution in [2.75, 3.05) is 20.1 Å². The summed E-state index contributed by atoms with van der Waals surface area (Å²) in [7, 11) is 3.70. The molecule has 1 heterocycles. The van der Waals surface area contributed by atoms with Crippen molar-refractivity contribution >= 4 is 5.96 Å². The molecule has 5 nitrogen and oxygen atoms in total. The van der Waals surface area contributed by atoms with Gasteiger partial charge in [-0.3, -0.25) is 9.67 Å². The first-order valence-corrected chi connectivity index (χ1v) is 8.20. The molecule has 0 aliphatic heterocycles. The molecule has 2 N–H and O–H groups in total. The Balaban J connectivity index is 1.78. The summed E-state index contributed by atoms with van der Waals surface area (Å²) in [5.74, 6) is 0.565. The Bertz CT molecular complexity index is 705. The highest BCUT2D eigenvalue weighted by Crippen LogP contribution is 2.11. The second-order valence-electron chi connectivity index (χ2n) is 5.79. The lowest BCUT2D eigenvalue weighted by molar-refractivity contribution is 0.606. The summed E-state index contributed by atoms with van der Waals surface area (Å²) in [5.41, 5.74) is 4.24. The van der Waals surface area contributed by atoms with Gasteiger partial charge in [0.1, 0.15) is 5.82 Å². The number of halogens is 1. The Labute approximate surface area is 143 Å². The monoisotopic (exact) mass is 331 g/mol. The fourth-order valence-corrected chi connectivity index (χ4v) is 2.72. The van der Waals surface area contributed by atoms with E-state index in [0.717, 1.165) is 24.6 Å². The van der Waals surface area contributed by atoms with Crippen LogP contribution in [0.2, 0.25) is 0 Å². The summed E-state index contributed by atoms with van der Waals surface area (Å²) in [6, 6.07) is 6.85. The van der Waals surface area contributed by atoms with Crippen LogP contribution in [0.1, 0.15) is 22.5 Å². The first-order valence-electron chi connectivity index (χ1n) is 8.20. The summed E-state index contributed by atoms with van der Waals surface area (Å²) in [6.07, 6.45) is 1.51. The Hall–Kier alpha value is -2.37. The summed E-state index contributed by atoms with van der Waals surface area (Å²) >= 11 is 0. The van der Waals surface area contributed by atoms with Gasteiger partial charge in [0.15, 0.2) is 5.96 Å². The largest absolute Gasteiger partial charge is 0.356 e. The zero-order valence-corrected chi connectivity index (χ0v) is 14.9. The summed E-state index contributed by atoms with van der Waals surface area (Å²) in [5, 5.41) is 10.9. The first-order chi connectivity index (χ1) is 11.5. The second-order valence-corrected chi connectivity index (χ2v) is 5.79. The minimum atomic E-state index is -0.162. The van der Waals surface area contributed by atoms with Gasteiger partial charge >= 0.3 is 0 Å². The molecule has 0 aliphatic rings. The van der Waals surface area contributed by atoms with E-state index in [4.69, 9.17) is 0 Å². The van der Waals surface area contributed by atoms with E-state index < -0.39 is 0 Å². The van der Waals surface area contributed by atoms with Crippen LogP contribution in [0.5, 0.6) is 0 Å². The van der Waals surface area contributed by atoms with Gasteiger partial charge < -0.3 is 10.6 Å². The molecule has 0 atom stereocenters. The predicted molar refractivity (Wildman–Crippen MR) is 95.9 cm³/mol. The van der Waals surface area contributed by atoms with Crippen LogP contribution < -0.4 is 10.6 Å². The Morgan fingerprint density at radius 1 is 1.17 bits per heavy atom. The van der Waals surface area contributed by atoms with Crippen LogP contribution in [0.15, 0.2) is 29.3 Å². The van der Waals surface area contributed by atoms with E-state index in [0.29, 0.717) is 18.5 Å². The number of nitrogens with one attached hydrogen (secondary N) is 2. The lowest BCUT2D eigenvalue weighted by Gasteiger charge is -2.12. The molecule has 0 fully saturated rings. The van der Waals surface area contributed by atoms with E-state index >= 15 is 0 Å². The van der Waals surface area contributed by atoms with Gasteiger partial charge in [-0.2, -0.15) is 5.10 Å². The second kappa shape index (κ2) is 8.47. The molecule has 1 aromatic heterocycles. The third-order valence-electron chi connectivity index (χ3n) is 4.19. The molecule has 0 unspecified atom stereocenters. The van der Waals surface area contributed by atoms with Crippen molar-refractivity contribution in [1.29, 1.82) is 0 Å². The smallest absolute Gasteiger partial charge is 0.190 e. The summed E-state index contributed by atoms with van der Waals surface area (Å²) in [4.78, 5) is 4.20. The number of rotatable bonds is 6. The van der Waals surface area contributed by atoms with Gasteiger partial charge in [-0.15, -0.1) is 0 Å². The molecular formula is C18H26FN5. The Kier molecular flexibility index (Phi) is 6.35. The fraction of sp³-hybridized carbons (Fsp3) is 0.444. The maximum Gasteiger partial charge on any atom is 0.190 e. The van der Waals surface area contributed by atoms with Crippen LogP contribution in [0, 0.1) is 19.7 Å². The highest BCUT2D eigenvalue weighted by Gasteiger charge is 2.09. The predicted octanol–water partition coefficient (Wildman–Crippen LogP) is 2.13. The quantitative estimate of drug-likeness (QED) is 0.630. The zero-order chi connectivity index (χ0) is 17.5. The number of guanidine groups is 1. The number of nitrogens with zero attached hydrogens (tertiary/aromatic N) is 3. The average Bonchev–Trinajstić information content (AvgIpc) is 2.81. The van der Waals surface area contributed by atoms with E-state index in [2.05, 4.69) is 27.6 Å². The number of hydrogen-bond acceptors (Lipinski definition) is 2. The molecule has 0 aliphatic carbocycles. The van der Waals surface area contributed by atoms with Crippen LogP contribution in [0.3, 0.4) is 0 Å². The molecule has 0 saturated carbocycles. The third kappa shape index (κ3) is 4.57. The lowest BCUT2D eigenvalue weighted by atomic mass is 10.1. The third-order valence-corrected chi connectivity index (χ3v) is 4.19. The van der Waals surface area contributed by atoms with Crippen molar-refractivity contribution in [1.82, 2.24) is 20.4 Å². The van der Waals surface area contributed by atoms with Gasteiger partial charge in [0.25, 0.3) is 0 Å². The highest BCUT2D eigenvalue weighted by atomic mass is 19.1. The van der Waals surface area contributed by atoms with Crippen LogP contribution in [-0.4, -0.2) is 35.9 Å². The topological polar surface area (TPSA) is 54.2 Å². The van der Waals surface area contributed by atoms with Crippen molar-refractivity contribution in [2.24, 2.45) is 12.0 Å². The standard InChI is InChI=1S/C18H26FN5/c1-13-16(14(2)24(4)23-13)10-12-22-18(20-3)21-11-9-15-7-5-6-8-17(15)19/h5-8H,9-12H2,1-4H3,(H2,20,21,22). The zero-order valence-electron chi connectivity index (χ0n) is 14.9. The number of hydrogen-bond donors (Lipinski definition) is 2. The van der Waals surface area contributed by atoms with Gasteiger partial charge in [0.05, 0.1) is 5.69 Å². The first kappa shape index (κ1) is 18.0. The van der Waals surface area contributed by atoms with Crippen LogP contribution in [0.4, 0.5) is 4.39 Å². The van der Waals surface area contributed by atoms with Gasteiger partial charge in [-0.25, -0.2) is 4.39 Å². The molecule has 0 spiro atoms.